The summed E-state index contributed by atoms with van der Waals surface area (Å²) in [6, 6.07) is 23.2. The van der Waals surface area contributed by atoms with Crippen molar-refractivity contribution in [3.63, 3.8) is 0 Å². The van der Waals surface area contributed by atoms with E-state index in [9.17, 15) is 9.90 Å². The second kappa shape index (κ2) is 11.7. The van der Waals surface area contributed by atoms with Crippen LogP contribution in [0.2, 0.25) is 0 Å². The molecule has 0 atom stereocenters. The number of benzene rings is 3. The average molecular weight is 488 g/mol. The second-order valence-electron chi connectivity index (χ2n) is 8.27. The predicted octanol–water partition coefficient (Wildman–Crippen LogP) is 6.34. The Morgan fingerprint density at radius 3 is 2.37 bits per heavy atom. The van der Waals surface area contributed by atoms with Gasteiger partial charge in [-0.2, -0.15) is 0 Å². The largest absolute Gasteiger partial charge is 0.497 e. The summed E-state index contributed by atoms with van der Waals surface area (Å²) in [4.78, 5) is 11.6. The van der Waals surface area contributed by atoms with Gasteiger partial charge in [-0.1, -0.05) is 79.7 Å². The van der Waals surface area contributed by atoms with Gasteiger partial charge in [-0.05, 0) is 46.9 Å². The van der Waals surface area contributed by atoms with Gasteiger partial charge in [0.2, 0.25) is 0 Å². The molecule has 1 heterocycles. The topological polar surface area (TPSA) is 77.2 Å². The van der Waals surface area contributed by atoms with Gasteiger partial charge < -0.3 is 14.4 Å². The summed E-state index contributed by atoms with van der Waals surface area (Å²) in [5, 5.41) is 19.4. The number of hydrogen-bond acceptors (Lipinski definition) is 5. The molecule has 0 aliphatic carbocycles. The molecule has 0 bridgehead atoms. The number of methoxy groups -OCH3 is 1. The molecule has 4 rings (SSSR count). The van der Waals surface area contributed by atoms with E-state index in [1.165, 1.54) is 5.56 Å². The Labute approximate surface area is 210 Å². The second-order valence-corrected chi connectivity index (χ2v) is 9.22. The fourth-order valence-electron chi connectivity index (χ4n) is 3.87. The fourth-order valence-corrected chi connectivity index (χ4v) is 4.78. The zero-order valence-corrected chi connectivity index (χ0v) is 20.8. The molecule has 1 aromatic heterocycles. The summed E-state index contributed by atoms with van der Waals surface area (Å²) >= 11 is 1.68. The highest BCUT2D eigenvalue weighted by molar-refractivity contribution is 7.98. The minimum Gasteiger partial charge on any atom is -0.497 e. The van der Waals surface area contributed by atoms with Gasteiger partial charge in [-0.15, -0.1) is 10.2 Å². The number of carboxylic acids is 1. The highest BCUT2D eigenvalue weighted by Gasteiger charge is 2.14. The number of hydrogen-bond donors (Lipinski definition) is 1. The zero-order chi connectivity index (χ0) is 24.6. The van der Waals surface area contributed by atoms with Crippen LogP contribution in [0.3, 0.4) is 0 Å². The maximum absolute atomic E-state index is 11.6. The third-order valence-electron chi connectivity index (χ3n) is 5.84. The van der Waals surface area contributed by atoms with E-state index in [-0.39, 0.29) is 0 Å². The molecule has 6 nitrogen and oxygen atoms in total. The van der Waals surface area contributed by atoms with E-state index in [1.807, 2.05) is 36.4 Å². The number of rotatable bonds is 11. The monoisotopic (exact) mass is 487 g/mol. The minimum absolute atomic E-state index is 0.304. The Hall–Kier alpha value is -3.58. The van der Waals surface area contributed by atoms with E-state index < -0.39 is 5.97 Å². The molecule has 0 radical (unpaired) electrons. The molecule has 0 saturated heterocycles. The van der Waals surface area contributed by atoms with Gasteiger partial charge >= 0.3 is 5.97 Å². The van der Waals surface area contributed by atoms with Crippen LogP contribution in [0, 0.1) is 0 Å². The number of aromatic carboxylic acids is 1. The number of carboxylic acid groups (broad SMARTS) is 1. The summed E-state index contributed by atoms with van der Waals surface area (Å²) in [5.41, 5.74) is 4.22. The van der Waals surface area contributed by atoms with Crippen LogP contribution < -0.4 is 4.74 Å². The molecule has 1 N–H and O–H groups in total. The van der Waals surface area contributed by atoms with Gasteiger partial charge in [0.05, 0.1) is 19.2 Å². The highest BCUT2D eigenvalue weighted by atomic mass is 32.2. The molecule has 180 valence electrons. The van der Waals surface area contributed by atoms with Crippen LogP contribution in [-0.4, -0.2) is 33.0 Å². The summed E-state index contributed by atoms with van der Waals surface area (Å²) in [6.07, 6.45) is 3.04. The van der Waals surface area contributed by atoms with Crippen molar-refractivity contribution in [2.75, 3.05) is 7.11 Å². The molecule has 3 aromatic carbocycles. The lowest BCUT2D eigenvalue weighted by atomic mass is 9.99. The van der Waals surface area contributed by atoms with Crippen molar-refractivity contribution in [2.45, 2.75) is 43.6 Å². The first-order valence-electron chi connectivity index (χ1n) is 11.7. The Balaban J connectivity index is 1.54. The molecule has 0 aliphatic rings. The number of ether oxygens (including phenoxy) is 1. The van der Waals surface area contributed by atoms with Crippen molar-refractivity contribution < 1.29 is 14.6 Å². The third-order valence-corrected chi connectivity index (χ3v) is 6.88. The summed E-state index contributed by atoms with van der Waals surface area (Å²) in [6.45, 7) is 2.84. The molecule has 0 saturated carbocycles. The molecular formula is C28H29N3O3S. The van der Waals surface area contributed by atoms with Crippen molar-refractivity contribution in [3.05, 3.63) is 95.3 Å². The number of carbonyl (C=O) groups is 1. The van der Waals surface area contributed by atoms with E-state index in [1.54, 1.807) is 31.0 Å². The van der Waals surface area contributed by atoms with Crippen LogP contribution in [-0.2, 0) is 18.7 Å². The highest BCUT2D eigenvalue weighted by Crippen LogP contribution is 2.27. The smallest absolute Gasteiger partial charge is 0.336 e. The molecule has 0 spiro atoms. The molecule has 0 amide bonds. The molecular weight excluding hydrogens is 458 g/mol. The standard InChI is InChI=1S/C28H29N3O3S/c1-3-4-9-26-29-30-28(35-19-21-12-16-23(34-2)17-13-21)31(26)18-20-10-14-22(15-11-20)24-7-5-6-8-25(24)27(32)33/h5-8,10-17H,3-4,9,18-19H2,1-2H3,(H,32,33). The quantitative estimate of drug-likeness (QED) is 0.249. The van der Waals surface area contributed by atoms with E-state index in [4.69, 9.17) is 4.74 Å². The van der Waals surface area contributed by atoms with Crippen molar-refractivity contribution in [1.82, 2.24) is 14.8 Å². The molecule has 35 heavy (non-hydrogen) atoms. The van der Waals surface area contributed by atoms with E-state index in [0.29, 0.717) is 12.1 Å². The van der Waals surface area contributed by atoms with Crippen LogP contribution in [0.1, 0.15) is 47.1 Å². The minimum atomic E-state index is -0.923. The first kappa shape index (κ1) is 24.5. The van der Waals surface area contributed by atoms with Crippen LogP contribution in [0.25, 0.3) is 11.1 Å². The summed E-state index contributed by atoms with van der Waals surface area (Å²) in [7, 11) is 1.67. The van der Waals surface area contributed by atoms with Crippen LogP contribution in [0.15, 0.2) is 78.0 Å². The van der Waals surface area contributed by atoms with E-state index in [0.717, 1.165) is 58.4 Å². The van der Waals surface area contributed by atoms with E-state index in [2.05, 4.69) is 46.0 Å². The average Bonchev–Trinajstić information content (AvgIpc) is 3.27. The molecule has 0 aliphatic heterocycles. The Morgan fingerprint density at radius 2 is 1.69 bits per heavy atom. The first-order valence-corrected chi connectivity index (χ1v) is 12.7. The first-order chi connectivity index (χ1) is 17.1. The van der Waals surface area contributed by atoms with Crippen molar-refractivity contribution in [3.8, 4) is 16.9 Å². The van der Waals surface area contributed by atoms with Gasteiger partial charge in [0.25, 0.3) is 0 Å². The van der Waals surface area contributed by atoms with Crippen molar-refractivity contribution in [1.29, 1.82) is 0 Å². The van der Waals surface area contributed by atoms with Gasteiger partial charge in [-0.3, -0.25) is 0 Å². The van der Waals surface area contributed by atoms with Crippen LogP contribution in [0.4, 0.5) is 0 Å². The predicted molar refractivity (Wildman–Crippen MR) is 139 cm³/mol. The Bertz CT molecular complexity index is 1270. The number of aryl methyl sites for hydroxylation is 1. The van der Waals surface area contributed by atoms with Crippen molar-refractivity contribution in [2.24, 2.45) is 0 Å². The summed E-state index contributed by atoms with van der Waals surface area (Å²) in [5.74, 6) is 1.71. The number of aromatic nitrogens is 3. The SMILES string of the molecule is CCCCc1nnc(SCc2ccc(OC)cc2)n1Cc1ccc(-c2ccccc2C(=O)O)cc1. The fraction of sp³-hybridized carbons (Fsp3) is 0.250. The number of thioether (sulfide) groups is 1. The lowest BCUT2D eigenvalue weighted by molar-refractivity contribution is 0.0697. The van der Waals surface area contributed by atoms with E-state index >= 15 is 0 Å². The maximum atomic E-state index is 11.6. The van der Waals surface area contributed by atoms with Crippen LogP contribution in [0.5, 0.6) is 5.75 Å². The third kappa shape index (κ3) is 6.11. The van der Waals surface area contributed by atoms with Crippen LogP contribution >= 0.6 is 11.8 Å². The molecule has 4 aromatic rings. The zero-order valence-electron chi connectivity index (χ0n) is 20.0. The van der Waals surface area contributed by atoms with Gasteiger partial charge in [0, 0.05) is 12.2 Å². The Kier molecular flexibility index (Phi) is 8.21. The maximum Gasteiger partial charge on any atom is 0.336 e. The lowest BCUT2D eigenvalue weighted by Gasteiger charge is -2.12. The lowest BCUT2D eigenvalue weighted by Crippen LogP contribution is -2.07. The van der Waals surface area contributed by atoms with Gasteiger partial charge in [0.15, 0.2) is 5.16 Å². The summed E-state index contributed by atoms with van der Waals surface area (Å²) < 4.78 is 7.45. The molecule has 0 unspecified atom stereocenters. The normalized spacial score (nSPS) is 10.9. The van der Waals surface area contributed by atoms with Gasteiger partial charge in [0.1, 0.15) is 11.6 Å². The van der Waals surface area contributed by atoms with Gasteiger partial charge in [-0.25, -0.2) is 4.79 Å². The molecule has 0 fully saturated rings. The van der Waals surface area contributed by atoms with Crippen molar-refractivity contribution >= 4 is 17.7 Å². The Morgan fingerprint density at radius 1 is 0.971 bits per heavy atom. The number of nitrogens with zero attached hydrogens (tertiary/aromatic N) is 3. The molecule has 7 heteroatoms. The number of unbranched alkanes of at least 4 members (excludes halogenated alkanes) is 1.